The van der Waals surface area contributed by atoms with E-state index in [1.807, 2.05) is 32.7 Å². The molecule has 3 heteroatoms. The first-order valence-electron chi connectivity index (χ1n) is 5.92. The predicted molar refractivity (Wildman–Crippen MR) is 64.9 cm³/mol. The molecule has 0 aromatic rings. The van der Waals surface area contributed by atoms with Gasteiger partial charge in [0, 0.05) is 13.1 Å². The van der Waals surface area contributed by atoms with Gasteiger partial charge in [-0.15, -0.1) is 0 Å². The SMILES string of the molecule is CCNC(C)(C)C(=O)N(C)C(CC)CC. The number of hydrogen-bond donors (Lipinski definition) is 1. The third kappa shape index (κ3) is 3.82. The van der Waals surface area contributed by atoms with Crippen molar-refractivity contribution in [2.75, 3.05) is 13.6 Å². The van der Waals surface area contributed by atoms with Crippen molar-refractivity contribution in [2.24, 2.45) is 0 Å². The van der Waals surface area contributed by atoms with Crippen LogP contribution in [0.1, 0.15) is 47.5 Å². The van der Waals surface area contributed by atoms with Gasteiger partial charge >= 0.3 is 0 Å². The van der Waals surface area contributed by atoms with Gasteiger partial charge in [0.25, 0.3) is 0 Å². The summed E-state index contributed by atoms with van der Waals surface area (Å²) in [6.07, 6.45) is 2.03. The van der Waals surface area contributed by atoms with E-state index in [9.17, 15) is 4.79 Å². The Labute approximate surface area is 94.2 Å². The maximum Gasteiger partial charge on any atom is 0.242 e. The van der Waals surface area contributed by atoms with Gasteiger partial charge in [0.15, 0.2) is 0 Å². The molecule has 0 aromatic heterocycles. The van der Waals surface area contributed by atoms with E-state index in [4.69, 9.17) is 0 Å². The number of nitrogens with one attached hydrogen (secondary N) is 1. The third-order valence-corrected chi connectivity index (χ3v) is 2.96. The maximum absolute atomic E-state index is 12.2. The fourth-order valence-corrected chi connectivity index (χ4v) is 1.96. The second-order valence-corrected chi connectivity index (χ2v) is 4.54. The number of hydrogen-bond acceptors (Lipinski definition) is 2. The number of likely N-dealkylation sites (N-methyl/N-ethyl adjacent to an activating group) is 2. The molecule has 0 unspecified atom stereocenters. The highest BCUT2D eigenvalue weighted by Gasteiger charge is 2.31. The van der Waals surface area contributed by atoms with Gasteiger partial charge in [-0.1, -0.05) is 20.8 Å². The van der Waals surface area contributed by atoms with Crippen LogP contribution in [0.15, 0.2) is 0 Å². The van der Waals surface area contributed by atoms with Crippen LogP contribution >= 0.6 is 0 Å². The fraction of sp³-hybridized carbons (Fsp3) is 0.917. The molecule has 1 amide bonds. The summed E-state index contributed by atoms with van der Waals surface area (Å²) in [5.74, 6) is 0.179. The molecule has 0 aliphatic carbocycles. The van der Waals surface area contributed by atoms with Crippen molar-refractivity contribution in [3.8, 4) is 0 Å². The van der Waals surface area contributed by atoms with E-state index in [-0.39, 0.29) is 5.91 Å². The van der Waals surface area contributed by atoms with Crippen LogP contribution in [0.25, 0.3) is 0 Å². The van der Waals surface area contributed by atoms with E-state index in [0.29, 0.717) is 6.04 Å². The first-order valence-corrected chi connectivity index (χ1v) is 5.92. The lowest BCUT2D eigenvalue weighted by Gasteiger charge is -2.34. The zero-order valence-corrected chi connectivity index (χ0v) is 11.1. The molecule has 0 bridgehead atoms. The Kier molecular flexibility index (Phi) is 5.88. The van der Waals surface area contributed by atoms with Crippen LogP contribution in [0.5, 0.6) is 0 Å². The molecule has 0 heterocycles. The monoisotopic (exact) mass is 214 g/mol. The molecule has 0 spiro atoms. The van der Waals surface area contributed by atoms with Crippen LogP contribution in [-0.4, -0.2) is 36.0 Å². The number of carbonyl (C=O) groups is 1. The first kappa shape index (κ1) is 14.4. The Morgan fingerprint density at radius 2 is 1.73 bits per heavy atom. The largest absolute Gasteiger partial charge is 0.341 e. The summed E-state index contributed by atoms with van der Waals surface area (Å²) in [5.41, 5.74) is -0.452. The highest BCUT2D eigenvalue weighted by atomic mass is 16.2. The van der Waals surface area contributed by atoms with Crippen molar-refractivity contribution in [3.05, 3.63) is 0 Å². The highest BCUT2D eigenvalue weighted by Crippen LogP contribution is 2.13. The lowest BCUT2D eigenvalue weighted by Crippen LogP contribution is -2.55. The van der Waals surface area contributed by atoms with Gasteiger partial charge in [0.05, 0.1) is 5.54 Å². The average Bonchev–Trinajstić information content (AvgIpc) is 2.18. The molecule has 90 valence electrons. The number of rotatable bonds is 6. The molecule has 0 radical (unpaired) electrons. The van der Waals surface area contributed by atoms with E-state index >= 15 is 0 Å². The minimum atomic E-state index is -0.452. The van der Waals surface area contributed by atoms with Crippen molar-refractivity contribution in [1.82, 2.24) is 10.2 Å². The van der Waals surface area contributed by atoms with Crippen molar-refractivity contribution >= 4 is 5.91 Å². The molecule has 0 saturated heterocycles. The van der Waals surface area contributed by atoms with Gasteiger partial charge < -0.3 is 10.2 Å². The molecular formula is C12H26N2O. The Bertz CT molecular complexity index is 198. The summed E-state index contributed by atoms with van der Waals surface area (Å²) < 4.78 is 0. The minimum absolute atomic E-state index is 0.179. The highest BCUT2D eigenvalue weighted by molar-refractivity contribution is 5.85. The molecule has 0 atom stereocenters. The molecular weight excluding hydrogens is 188 g/mol. The van der Waals surface area contributed by atoms with E-state index in [2.05, 4.69) is 19.2 Å². The fourth-order valence-electron chi connectivity index (χ4n) is 1.96. The lowest BCUT2D eigenvalue weighted by atomic mass is 10.0. The van der Waals surface area contributed by atoms with Gasteiger partial charge in [-0.3, -0.25) is 4.79 Å². The topological polar surface area (TPSA) is 32.3 Å². The molecule has 3 nitrogen and oxygen atoms in total. The lowest BCUT2D eigenvalue weighted by molar-refractivity contribution is -0.138. The van der Waals surface area contributed by atoms with Crippen molar-refractivity contribution < 1.29 is 4.79 Å². The van der Waals surface area contributed by atoms with Gasteiger partial charge in [0.1, 0.15) is 0 Å². The number of amides is 1. The second kappa shape index (κ2) is 6.11. The van der Waals surface area contributed by atoms with Gasteiger partial charge in [0.2, 0.25) is 5.91 Å². The standard InChI is InChI=1S/C12H26N2O/c1-7-10(8-2)14(6)11(15)12(4,5)13-9-3/h10,13H,7-9H2,1-6H3. The quantitative estimate of drug-likeness (QED) is 0.733. The smallest absolute Gasteiger partial charge is 0.242 e. The van der Waals surface area contributed by atoms with E-state index in [0.717, 1.165) is 19.4 Å². The number of carbonyl (C=O) groups excluding carboxylic acids is 1. The van der Waals surface area contributed by atoms with E-state index < -0.39 is 5.54 Å². The molecule has 1 N–H and O–H groups in total. The summed E-state index contributed by atoms with van der Waals surface area (Å²) >= 11 is 0. The summed E-state index contributed by atoms with van der Waals surface area (Å²) in [5, 5.41) is 3.21. The molecule has 0 rings (SSSR count). The molecule has 0 aliphatic rings. The van der Waals surface area contributed by atoms with Gasteiger partial charge in [-0.25, -0.2) is 0 Å². The van der Waals surface area contributed by atoms with Crippen LogP contribution in [-0.2, 0) is 4.79 Å². The summed E-state index contributed by atoms with van der Waals surface area (Å²) in [7, 11) is 1.90. The van der Waals surface area contributed by atoms with Crippen molar-refractivity contribution in [2.45, 2.75) is 59.0 Å². The van der Waals surface area contributed by atoms with Crippen molar-refractivity contribution in [3.63, 3.8) is 0 Å². The Hall–Kier alpha value is -0.570. The van der Waals surface area contributed by atoms with Crippen molar-refractivity contribution in [1.29, 1.82) is 0 Å². The first-order chi connectivity index (χ1) is 6.90. The second-order valence-electron chi connectivity index (χ2n) is 4.54. The van der Waals surface area contributed by atoms with Crippen LogP contribution in [0.3, 0.4) is 0 Å². The van der Waals surface area contributed by atoms with Gasteiger partial charge in [-0.2, -0.15) is 0 Å². The van der Waals surface area contributed by atoms with Crippen LogP contribution in [0, 0.1) is 0 Å². The Morgan fingerprint density at radius 1 is 1.27 bits per heavy atom. The zero-order valence-electron chi connectivity index (χ0n) is 11.1. The maximum atomic E-state index is 12.2. The summed E-state index contributed by atoms with van der Waals surface area (Å²) in [6, 6.07) is 0.357. The average molecular weight is 214 g/mol. The zero-order chi connectivity index (χ0) is 12.1. The Balaban J connectivity index is 4.54. The summed E-state index contributed by atoms with van der Waals surface area (Å²) in [4.78, 5) is 14.1. The van der Waals surface area contributed by atoms with Crippen LogP contribution < -0.4 is 5.32 Å². The number of nitrogens with zero attached hydrogens (tertiary/aromatic N) is 1. The molecule has 0 saturated carbocycles. The van der Waals surface area contributed by atoms with Crippen LogP contribution in [0.4, 0.5) is 0 Å². The normalized spacial score (nSPS) is 11.9. The molecule has 0 aliphatic heterocycles. The minimum Gasteiger partial charge on any atom is -0.341 e. The third-order valence-electron chi connectivity index (χ3n) is 2.96. The molecule has 0 aromatic carbocycles. The predicted octanol–water partition coefficient (Wildman–Crippen LogP) is 2.02. The molecule has 0 fully saturated rings. The van der Waals surface area contributed by atoms with E-state index in [1.165, 1.54) is 0 Å². The van der Waals surface area contributed by atoms with E-state index in [1.54, 1.807) is 0 Å². The van der Waals surface area contributed by atoms with Gasteiger partial charge in [-0.05, 0) is 33.2 Å². The molecule has 15 heavy (non-hydrogen) atoms. The summed E-state index contributed by atoms with van der Waals surface area (Å²) in [6.45, 7) is 11.0. The van der Waals surface area contributed by atoms with Crippen LogP contribution in [0.2, 0.25) is 0 Å². The Morgan fingerprint density at radius 3 is 2.07 bits per heavy atom.